The van der Waals surface area contributed by atoms with E-state index in [-0.39, 0.29) is 59.5 Å². The standard InChI is InChI=1S/C30H38N2O5/c1-16-8-7-10-20-27-29(3,37-27)17(2)26-22(13-18-15-31-21-11-6-5-9-19(18)21)32-28(35)30(20,26)25(34)14-24(36-4)23(33)12-16/h5-7,9-11,15-17,20,22-24,26-27,31,33H,8,12-14H2,1-4H3,(H,32,35)/b10-7+. The summed E-state index contributed by atoms with van der Waals surface area (Å²) in [5.41, 5.74) is 0.561. The fourth-order valence-electron chi connectivity index (χ4n) is 7.91. The van der Waals surface area contributed by atoms with E-state index in [0.717, 1.165) is 22.9 Å². The summed E-state index contributed by atoms with van der Waals surface area (Å²) in [6.07, 6.45) is 6.54. The van der Waals surface area contributed by atoms with E-state index in [9.17, 15) is 14.7 Å². The third kappa shape index (κ3) is 3.57. The number of H-pyrrole nitrogens is 1. The van der Waals surface area contributed by atoms with E-state index in [1.807, 2.05) is 24.4 Å². The van der Waals surface area contributed by atoms with Gasteiger partial charge in [-0.1, -0.05) is 44.2 Å². The molecule has 10 atom stereocenters. The third-order valence-corrected chi connectivity index (χ3v) is 10.1. The molecule has 1 saturated carbocycles. The van der Waals surface area contributed by atoms with Crippen LogP contribution in [0, 0.1) is 29.1 Å². The molecular weight excluding hydrogens is 468 g/mol. The predicted molar refractivity (Wildman–Crippen MR) is 140 cm³/mol. The van der Waals surface area contributed by atoms with Crippen LogP contribution in [-0.4, -0.2) is 58.8 Å². The molecule has 37 heavy (non-hydrogen) atoms. The lowest BCUT2D eigenvalue weighted by molar-refractivity contribution is -0.151. The lowest BCUT2D eigenvalue weighted by Crippen LogP contribution is -2.59. The number of benzene rings is 1. The van der Waals surface area contributed by atoms with Crippen molar-refractivity contribution in [2.24, 2.45) is 29.1 Å². The summed E-state index contributed by atoms with van der Waals surface area (Å²) in [4.78, 5) is 31.9. The Morgan fingerprint density at radius 2 is 2.00 bits per heavy atom. The predicted octanol–water partition coefficient (Wildman–Crippen LogP) is 3.56. The molecule has 7 heteroatoms. The number of aromatic nitrogens is 1. The monoisotopic (exact) mass is 506 g/mol. The maximum atomic E-state index is 14.4. The van der Waals surface area contributed by atoms with E-state index >= 15 is 0 Å². The minimum absolute atomic E-state index is 0.00442. The maximum Gasteiger partial charge on any atom is 0.235 e. The summed E-state index contributed by atoms with van der Waals surface area (Å²) in [5.74, 6) is -0.717. The number of carbonyl (C=O) groups is 2. The Morgan fingerprint density at radius 3 is 2.78 bits per heavy atom. The van der Waals surface area contributed by atoms with Crippen molar-refractivity contribution in [3.63, 3.8) is 0 Å². The Morgan fingerprint density at radius 1 is 1.22 bits per heavy atom. The zero-order valence-corrected chi connectivity index (χ0v) is 22.1. The average molecular weight is 507 g/mol. The van der Waals surface area contributed by atoms with Crippen molar-refractivity contribution in [1.29, 1.82) is 0 Å². The van der Waals surface area contributed by atoms with E-state index < -0.39 is 17.6 Å². The molecule has 1 spiro atoms. The van der Waals surface area contributed by atoms with Gasteiger partial charge in [-0.3, -0.25) is 9.59 Å². The molecule has 0 bridgehead atoms. The minimum Gasteiger partial charge on any atom is -0.390 e. The average Bonchev–Trinajstić information content (AvgIpc) is 3.28. The second kappa shape index (κ2) is 8.79. The van der Waals surface area contributed by atoms with Crippen molar-refractivity contribution in [2.75, 3.05) is 7.11 Å². The number of amides is 1. The highest BCUT2D eigenvalue weighted by molar-refractivity contribution is 6.09. The number of aliphatic hydroxyl groups excluding tert-OH is 1. The molecule has 1 aromatic heterocycles. The molecule has 3 N–H and O–H groups in total. The first-order chi connectivity index (χ1) is 17.7. The number of carbonyl (C=O) groups excluding carboxylic acids is 2. The van der Waals surface area contributed by atoms with Crippen molar-refractivity contribution < 1.29 is 24.2 Å². The fourth-order valence-corrected chi connectivity index (χ4v) is 7.91. The largest absolute Gasteiger partial charge is 0.390 e. The van der Waals surface area contributed by atoms with Gasteiger partial charge >= 0.3 is 0 Å². The minimum atomic E-state index is -1.25. The van der Waals surface area contributed by atoms with Crippen molar-refractivity contribution in [2.45, 2.75) is 76.4 Å². The van der Waals surface area contributed by atoms with Gasteiger partial charge in [-0.05, 0) is 49.7 Å². The highest BCUT2D eigenvalue weighted by Gasteiger charge is 2.78. The first-order valence-corrected chi connectivity index (χ1v) is 13.7. The second-order valence-electron chi connectivity index (χ2n) is 12.0. The van der Waals surface area contributed by atoms with Gasteiger partial charge in [-0.2, -0.15) is 0 Å². The molecule has 7 nitrogen and oxygen atoms in total. The van der Waals surface area contributed by atoms with Crippen LogP contribution in [0.25, 0.3) is 10.9 Å². The summed E-state index contributed by atoms with van der Waals surface area (Å²) in [5, 5.41) is 15.3. The van der Waals surface area contributed by atoms with Crippen LogP contribution >= 0.6 is 0 Å². The van der Waals surface area contributed by atoms with Gasteiger partial charge in [0.1, 0.15) is 5.41 Å². The Bertz CT molecular complexity index is 1250. The number of hydrogen-bond donors (Lipinski definition) is 3. The molecule has 2 aliphatic heterocycles. The number of aromatic amines is 1. The summed E-state index contributed by atoms with van der Waals surface area (Å²) in [6.45, 7) is 6.36. The number of allylic oxidation sites excluding steroid dienone is 1. The van der Waals surface area contributed by atoms with Gasteiger partial charge in [-0.15, -0.1) is 0 Å². The lowest BCUT2D eigenvalue weighted by Gasteiger charge is -2.46. The normalized spacial score (nSPS) is 44.4. The number of fused-ring (bicyclic) bond motifs is 3. The van der Waals surface area contributed by atoms with E-state index in [1.54, 1.807) is 0 Å². The molecule has 10 unspecified atom stereocenters. The topological polar surface area (TPSA) is 104 Å². The molecule has 2 saturated heterocycles. The fraction of sp³-hybridized carbons (Fsp3) is 0.600. The highest BCUT2D eigenvalue weighted by Crippen LogP contribution is 2.66. The Labute approximate surface area is 218 Å². The number of nitrogens with one attached hydrogen (secondary N) is 2. The van der Waals surface area contributed by atoms with E-state index in [2.05, 4.69) is 49.3 Å². The molecule has 4 aliphatic rings. The number of para-hydroxylation sites is 1. The number of rotatable bonds is 3. The molecule has 2 aliphatic carbocycles. The van der Waals surface area contributed by atoms with Gasteiger partial charge in [0.05, 0.1) is 23.9 Å². The van der Waals surface area contributed by atoms with Crippen molar-refractivity contribution >= 4 is 22.6 Å². The van der Waals surface area contributed by atoms with Crippen LogP contribution in [0.2, 0.25) is 0 Å². The number of ether oxygens (including phenoxy) is 2. The number of ketones is 1. The number of Topliss-reactive ketones (excluding diaryl/α,β-unsaturated/α-hetero) is 1. The van der Waals surface area contributed by atoms with Gasteiger partial charge in [0.15, 0.2) is 5.78 Å². The van der Waals surface area contributed by atoms with E-state index in [4.69, 9.17) is 9.47 Å². The number of aliphatic hydroxyl groups is 1. The molecule has 3 fully saturated rings. The van der Waals surface area contributed by atoms with Crippen LogP contribution in [0.1, 0.15) is 45.6 Å². The zero-order valence-electron chi connectivity index (χ0n) is 22.1. The number of methoxy groups -OCH3 is 1. The van der Waals surface area contributed by atoms with Crippen LogP contribution in [0.5, 0.6) is 0 Å². The summed E-state index contributed by atoms with van der Waals surface area (Å²) in [6, 6.07) is 7.95. The molecule has 6 rings (SSSR count). The zero-order chi connectivity index (χ0) is 26.1. The van der Waals surface area contributed by atoms with Crippen LogP contribution in [-0.2, 0) is 25.5 Å². The molecule has 0 radical (unpaired) electrons. The summed E-state index contributed by atoms with van der Waals surface area (Å²) < 4.78 is 12.0. The Hall–Kier alpha value is -2.48. The number of epoxide rings is 1. The molecule has 2 aromatic rings. The van der Waals surface area contributed by atoms with Crippen molar-refractivity contribution in [1.82, 2.24) is 10.3 Å². The van der Waals surface area contributed by atoms with Gasteiger partial charge in [-0.25, -0.2) is 0 Å². The van der Waals surface area contributed by atoms with Crippen molar-refractivity contribution in [3.05, 3.63) is 48.2 Å². The van der Waals surface area contributed by atoms with Gasteiger partial charge < -0.3 is 24.9 Å². The quantitative estimate of drug-likeness (QED) is 0.336. The van der Waals surface area contributed by atoms with Crippen LogP contribution in [0.3, 0.4) is 0 Å². The molecule has 1 amide bonds. The van der Waals surface area contributed by atoms with Gasteiger partial charge in [0, 0.05) is 48.5 Å². The Balaban J connectivity index is 1.46. The maximum absolute atomic E-state index is 14.4. The van der Waals surface area contributed by atoms with Crippen LogP contribution in [0.4, 0.5) is 0 Å². The van der Waals surface area contributed by atoms with Crippen LogP contribution < -0.4 is 5.32 Å². The molecular formula is C30H38N2O5. The SMILES string of the molecule is COC1CC(=O)C23C(=O)NC(Cc4c[nH]c5ccccc45)C2C(C)C2(C)OC2C3/C=C/CC(C)CC1O. The first kappa shape index (κ1) is 24.8. The van der Waals surface area contributed by atoms with E-state index in [1.165, 1.54) is 7.11 Å². The summed E-state index contributed by atoms with van der Waals surface area (Å²) >= 11 is 0. The lowest BCUT2D eigenvalue weighted by atomic mass is 9.51. The first-order valence-electron chi connectivity index (χ1n) is 13.7. The highest BCUT2D eigenvalue weighted by atomic mass is 16.6. The second-order valence-corrected chi connectivity index (χ2v) is 12.0. The van der Waals surface area contributed by atoms with Crippen molar-refractivity contribution in [3.8, 4) is 0 Å². The van der Waals surface area contributed by atoms with Crippen LogP contribution in [0.15, 0.2) is 42.6 Å². The van der Waals surface area contributed by atoms with Gasteiger partial charge in [0.2, 0.25) is 5.91 Å². The summed E-state index contributed by atoms with van der Waals surface area (Å²) in [7, 11) is 1.54. The number of hydrogen-bond acceptors (Lipinski definition) is 5. The third-order valence-electron chi connectivity index (χ3n) is 10.1. The van der Waals surface area contributed by atoms with Gasteiger partial charge in [0.25, 0.3) is 0 Å². The Kier molecular flexibility index (Phi) is 5.90. The van der Waals surface area contributed by atoms with E-state index in [0.29, 0.717) is 12.8 Å². The molecule has 1 aromatic carbocycles. The molecule has 3 heterocycles. The smallest absolute Gasteiger partial charge is 0.235 e. The molecule has 198 valence electrons.